The Morgan fingerprint density at radius 2 is 2.05 bits per heavy atom. The van der Waals surface area contributed by atoms with Gasteiger partial charge in [-0.15, -0.1) is 0 Å². The molecule has 1 saturated carbocycles. The van der Waals surface area contributed by atoms with Crippen LogP contribution in [0.1, 0.15) is 26.2 Å². The van der Waals surface area contributed by atoms with Gasteiger partial charge in [0.25, 0.3) is 0 Å². The van der Waals surface area contributed by atoms with Crippen molar-refractivity contribution in [2.45, 2.75) is 38.4 Å². The van der Waals surface area contributed by atoms with E-state index in [2.05, 4.69) is 30.8 Å². The highest BCUT2D eigenvalue weighted by atomic mass is 79.9. The standard InChI is InChI=1S/C14H20BrN3O2/c1-2-20-12-7-11(19)14(12)3-5-18(6-4-14)13-16-8-10(15)9-17-13/h8-9,11-12,19H,2-7H2,1H3. The molecule has 2 aliphatic rings. The van der Waals surface area contributed by atoms with Crippen molar-refractivity contribution in [1.82, 2.24) is 9.97 Å². The van der Waals surface area contributed by atoms with Crippen LogP contribution in [0.25, 0.3) is 0 Å². The number of aromatic nitrogens is 2. The van der Waals surface area contributed by atoms with E-state index in [1.54, 1.807) is 12.4 Å². The molecule has 1 aromatic heterocycles. The number of aliphatic hydroxyl groups excluding tert-OH is 1. The van der Waals surface area contributed by atoms with Crippen LogP contribution in [0.2, 0.25) is 0 Å². The second-order valence-electron chi connectivity index (χ2n) is 5.62. The molecule has 0 radical (unpaired) electrons. The molecule has 3 rings (SSSR count). The van der Waals surface area contributed by atoms with Gasteiger partial charge in [-0.1, -0.05) is 0 Å². The van der Waals surface area contributed by atoms with Gasteiger partial charge in [-0.2, -0.15) is 0 Å². The van der Waals surface area contributed by atoms with E-state index < -0.39 is 0 Å². The number of piperidine rings is 1. The summed E-state index contributed by atoms with van der Waals surface area (Å²) in [5.74, 6) is 0.768. The molecule has 20 heavy (non-hydrogen) atoms. The summed E-state index contributed by atoms with van der Waals surface area (Å²) >= 11 is 3.35. The zero-order chi connectivity index (χ0) is 14.2. The molecule has 1 aliphatic carbocycles. The van der Waals surface area contributed by atoms with Crippen molar-refractivity contribution in [2.75, 3.05) is 24.6 Å². The first-order valence-electron chi connectivity index (χ1n) is 7.18. The van der Waals surface area contributed by atoms with Crippen molar-refractivity contribution in [2.24, 2.45) is 5.41 Å². The summed E-state index contributed by atoms with van der Waals surface area (Å²) in [6.07, 6.45) is 6.21. The first kappa shape index (κ1) is 14.2. The summed E-state index contributed by atoms with van der Waals surface area (Å²) in [4.78, 5) is 10.9. The molecule has 5 nitrogen and oxygen atoms in total. The van der Waals surface area contributed by atoms with Gasteiger partial charge < -0.3 is 14.7 Å². The molecule has 1 aromatic rings. The van der Waals surface area contributed by atoms with Crippen LogP contribution in [0.3, 0.4) is 0 Å². The normalized spacial score (nSPS) is 28.4. The van der Waals surface area contributed by atoms with Gasteiger partial charge in [-0.3, -0.25) is 0 Å². The number of halogens is 1. The molecule has 2 atom stereocenters. The molecule has 0 aromatic carbocycles. The third kappa shape index (κ3) is 2.34. The first-order valence-corrected chi connectivity index (χ1v) is 7.97. The molecule has 110 valence electrons. The van der Waals surface area contributed by atoms with Crippen molar-refractivity contribution in [3.05, 3.63) is 16.9 Å². The highest BCUT2D eigenvalue weighted by molar-refractivity contribution is 9.10. The van der Waals surface area contributed by atoms with E-state index >= 15 is 0 Å². The van der Waals surface area contributed by atoms with Crippen molar-refractivity contribution in [3.8, 4) is 0 Å². The second-order valence-corrected chi connectivity index (χ2v) is 6.53. The lowest BCUT2D eigenvalue weighted by Gasteiger charge is -2.56. The number of rotatable bonds is 3. The number of anilines is 1. The second kappa shape index (κ2) is 5.58. The maximum Gasteiger partial charge on any atom is 0.225 e. The molecular weight excluding hydrogens is 322 g/mol. The molecule has 1 N–H and O–H groups in total. The predicted octanol–water partition coefficient (Wildman–Crippen LogP) is 2.00. The van der Waals surface area contributed by atoms with Crippen molar-refractivity contribution in [3.63, 3.8) is 0 Å². The molecule has 0 bridgehead atoms. The fourth-order valence-corrected chi connectivity index (χ4v) is 3.61. The van der Waals surface area contributed by atoms with E-state index in [0.717, 1.165) is 49.4 Å². The fraction of sp³-hybridized carbons (Fsp3) is 0.714. The highest BCUT2D eigenvalue weighted by Crippen LogP contribution is 2.51. The van der Waals surface area contributed by atoms with Crippen LogP contribution in [0.4, 0.5) is 5.95 Å². The maximum atomic E-state index is 10.2. The van der Waals surface area contributed by atoms with Crippen LogP contribution >= 0.6 is 15.9 Å². The van der Waals surface area contributed by atoms with Gasteiger partial charge in [-0.05, 0) is 35.7 Å². The average Bonchev–Trinajstić information content (AvgIpc) is 2.48. The molecule has 1 spiro atoms. The fourth-order valence-electron chi connectivity index (χ4n) is 3.41. The molecule has 0 amide bonds. The first-order chi connectivity index (χ1) is 9.65. The van der Waals surface area contributed by atoms with Crippen LogP contribution < -0.4 is 4.90 Å². The molecular formula is C14H20BrN3O2. The lowest BCUT2D eigenvalue weighted by atomic mass is 9.58. The quantitative estimate of drug-likeness (QED) is 0.911. The Bertz CT molecular complexity index is 458. The highest BCUT2D eigenvalue weighted by Gasteiger charge is 2.56. The Kier molecular flexibility index (Phi) is 3.97. The third-order valence-electron chi connectivity index (χ3n) is 4.69. The minimum absolute atomic E-state index is 0.0398. The summed E-state index contributed by atoms with van der Waals surface area (Å²) in [5.41, 5.74) is -0.0398. The third-order valence-corrected chi connectivity index (χ3v) is 5.10. The molecule has 2 heterocycles. The smallest absolute Gasteiger partial charge is 0.225 e. The number of hydrogen-bond acceptors (Lipinski definition) is 5. The predicted molar refractivity (Wildman–Crippen MR) is 79.6 cm³/mol. The summed E-state index contributed by atoms with van der Waals surface area (Å²) < 4.78 is 6.67. The van der Waals surface area contributed by atoms with Crippen LogP contribution in [-0.4, -0.2) is 47.0 Å². The Labute approximate surface area is 127 Å². The molecule has 2 unspecified atom stereocenters. The Morgan fingerprint density at radius 1 is 1.40 bits per heavy atom. The zero-order valence-corrected chi connectivity index (χ0v) is 13.2. The Morgan fingerprint density at radius 3 is 2.60 bits per heavy atom. The summed E-state index contributed by atoms with van der Waals surface area (Å²) in [6, 6.07) is 0. The van der Waals surface area contributed by atoms with Crippen molar-refractivity contribution < 1.29 is 9.84 Å². The molecule has 1 saturated heterocycles. The number of hydrogen-bond donors (Lipinski definition) is 1. The topological polar surface area (TPSA) is 58.5 Å². The van der Waals surface area contributed by atoms with Gasteiger partial charge in [0.2, 0.25) is 5.95 Å². The van der Waals surface area contributed by atoms with Gasteiger partial charge in [0, 0.05) is 43.9 Å². The number of nitrogens with zero attached hydrogens (tertiary/aromatic N) is 3. The van der Waals surface area contributed by atoms with Crippen LogP contribution in [0, 0.1) is 5.41 Å². The summed E-state index contributed by atoms with van der Waals surface area (Å²) in [7, 11) is 0. The Hall–Kier alpha value is -0.720. The van der Waals surface area contributed by atoms with E-state index in [4.69, 9.17) is 4.74 Å². The molecule has 1 aliphatic heterocycles. The van der Waals surface area contributed by atoms with E-state index in [-0.39, 0.29) is 17.6 Å². The van der Waals surface area contributed by atoms with Crippen molar-refractivity contribution in [1.29, 1.82) is 0 Å². The maximum absolute atomic E-state index is 10.2. The summed E-state index contributed by atoms with van der Waals surface area (Å²) in [5, 5.41) is 10.2. The minimum atomic E-state index is -0.216. The van der Waals surface area contributed by atoms with Crippen molar-refractivity contribution >= 4 is 21.9 Å². The van der Waals surface area contributed by atoms with Gasteiger partial charge >= 0.3 is 0 Å². The monoisotopic (exact) mass is 341 g/mol. The lowest BCUT2D eigenvalue weighted by molar-refractivity contribution is -0.199. The van der Waals surface area contributed by atoms with Crippen LogP contribution in [-0.2, 0) is 4.74 Å². The van der Waals surface area contributed by atoms with E-state index in [1.165, 1.54) is 0 Å². The largest absolute Gasteiger partial charge is 0.392 e. The van der Waals surface area contributed by atoms with Gasteiger partial charge in [0.15, 0.2) is 0 Å². The number of aliphatic hydroxyl groups is 1. The summed E-state index contributed by atoms with van der Waals surface area (Å²) in [6.45, 7) is 4.49. The van der Waals surface area contributed by atoms with E-state index in [1.807, 2.05) is 6.92 Å². The van der Waals surface area contributed by atoms with Crippen LogP contribution in [0.5, 0.6) is 0 Å². The molecule has 2 fully saturated rings. The van der Waals surface area contributed by atoms with Gasteiger partial charge in [0.05, 0.1) is 16.7 Å². The Balaban J connectivity index is 1.65. The average molecular weight is 342 g/mol. The SMILES string of the molecule is CCOC1CC(O)C12CCN(c1ncc(Br)cn1)CC2. The number of ether oxygens (including phenoxy) is 1. The van der Waals surface area contributed by atoms with E-state index in [9.17, 15) is 5.11 Å². The lowest BCUT2D eigenvalue weighted by Crippen LogP contribution is -2.62. The van der Waals surface area contributed by atoms with E-state index in [0.29, 0.717) is 0 Å². The zero-order valence-electron chi connectivity index (χ0n) is 11.6. The van der Waals surface area contributed by atoms with Crippen LogP contribution in [0.15, 0.2) is 16.9 Å². The minimum Gasteiger partial charge on any atom is -0.392 e. The van der Waals surface area contributed by atoms with Gasteiger partial charge in [-0.25, -0.2) is 9.97 Å². The molecule has 6 heteroatoms. The van der Waals surface area contributed by atoms with Gasteiger partial charge in [0.1, 0.15) is 0 Å².